The maximum atomic E-state index is 14.9. The van der Waals surface area contributed by atoms with Crippen molar-refractivity contribution in [3.05, 3.63) is 23.3 Å². The Bertz CT molecular complexity index is 1760. The van der Waals surface area contributed by atoms with Crippen molar-refractivity contribution in [2.24, 2.45) is 29.6 Å². The van der Waals surface area contributed by atoms with Gasteiger partial charge in [-0.25, -0.2) is 4.79 Å². The molecule has 0 aromatic rings. The van der Waals surface area contributed by atoms with Crippen LogP contribution < -0.4 is 0 Å². The maximum Gasteiger partial charge on any atom is 0.329 e. The van der Waals surface area contributed by atoms with Gasteiger partial charge in [-0.1, -0.05) is 66.2 Å². The molecule has 14 nitrogen and oxygen atoms in total. The standard InChI is InChI=1S/C53H89NO13Si/c1-15-39-27-33(2)26-34(3)28-45(62-11)48-46(63-12)30-36(5)53(60,66-48)49(57)50(58)54-23-17-16-20-40(54)51(59)65-47(37(6)43(32-41(39)56)67-68(13,14)52(7,8)9)35(4)29-38-21-22-42(44(31-38)61-10)64-25-19-18-24-55/h24,27,29,34,36-40,42-48,60H,15-23,25-26,28,30-32H2,1-14H3/b33-27+,35-29?. The second kappa shape index (κ2) is 25.7. The summed E-state index contributed by atoms with van der Waals surface area (Å²) in [6.07, 6.45) is 8.08. The quantitative estimate of drug-likeness (QED) is 0.0465. The Morgan fingerprint density at radius 2 is 1.57 bits per heavy atom. The summed E-state index contributed by atoms with van der Waals surface area (Å²) in [7, 11) is 2.25. The number of ketones is 2. The van der Waals surface area contributed by atoms with Crippen LogP contribution in [0.3, 0.4) is 0 Å². The largest absolute Gasteiger partial charge is 0.456 e. The molecule has 4 rings (SSSR count). The first-order valence-electron chi connectivity index (χ1n) is 25.6. The number of unbranched alkanes of at least 4 members (excludes halogenated alkanes) is 1. The number of esters is 1. The summed E-state index contributed by atoms with van der Waals surface area (Å²) in [5.74, 6) is -6.88. The first-order valence-corrected chi connectivity index (χ1v) is 28.5. The highest BCUT2D eigenvalue weighted by molar-refractivity contribution is 6.74. The molecule has 388 valence electrons. The van der Waals surface area contributed by atoms with Crippen molar-refractivity contribution in [3.63, 3.8) is 0 Å². The van der Waals surface area contributed by atoms with Crippen LogP contribution in [-0.4, -0.2) is 137 Å². The molecule has 14 atom stereocenters. The fourth-order valence-corrected chi connectivity index (χ4v) is 12.1. The minimum Gasteiger partial charge on any atom is -0.456 e. The average Bonchev–Trinajstić information content (AvgIpc) is 3.29. The third-order valence-electron chi connectivity index (χ3n) is 15.9. The Morgan fingerprint density at radius 3 is 2.19 bits per heavy atom. The van der Waals surface area contributed by atoms with Crippen LogP contribution in [0.25, 0.3) is 0 Å². The molecule has 1 amide bonds. The molecule has 68 heavy (non-hydrogen) atoms. The number of rotatable bonds is 13. The fraction of sp³-hybridized carbons (Fsp3) is 0.830. The van der Waals surface area contributed by atoms with E-state index in [9.17, 15) is 29.1 Å². The Labute approximate surface area is 409 Å². The lowest BCUT2D eigenvalue weighted by Crippen LogP contribution is -2.64. The molecule has 0 radical (unpaired) electrons. The number of hydrogen-bond donors (Lipinski definition) is 1. The second-order valence-corrected chi connectivity index (χ2v) is 26.9. The van der Waals surface area contributed by atoms with E-state index in [1.54, 1.807) is 28.3 Å². The van der Waals surface area contributed by atoms with Crippen molar-refractivity contribution in [3.8, 4) is 0 Å². The van der Waals surface area contributed by atoms with Crippen LogP contribution >= 0.6 is 0 Å². The molecule has 14 unspecified atom stereocenters. The molecule has 3 heterocycles. The predicted molar refractivity (Wildman–Crippen MR) is 263 cm³/mol. The van der Waals surface area contributed by atoms with Crippen LogP contribution in [0.2, 0.25) is 18.1 Å². The summed E-state index contributed by atoms with van der Waals surface area (Å²) in [6, 6.07) is -1.11. The van der Waals surface area contributed by atoms with Crippen molar-refractivity contribution in [2.45, 2.75) is 218 Å². The number of methoxy groups -OCH3 is 3. The summed E-state index contributed by atoms with van der Waals surface area (Å²) in [6.45, 7) is 23.2. The number of ether oxygens (including phenoxy) is 6. The second-order valence-electron chi connectivity index (χ2n) is 22.2. The third-order valence-corrected chi connectivity index (χ3v) is 20.4. The molecule has 3 fully saturated rings. The van der Waals surface area contributed by atoms with Crippen molar-refractivity contribution in [1.82, 2.24) is 4.90 Å². The predicted octanol–water partition coefficient (Wildman–Crippen LogP) is 8.51. The summed E-state index contributed by atoms with van der Waals surface area (Å²) < 4.78 is 44.3. The molecular weight excluding hydrogens is 887 g/mol. The van der Waals surface area contributed by atoms with Gasteiger partial charge in [0.15, 0.2) is 8.32 Å². The van der Waals surface area contributed by atoms with Gasteiger partial charge in [0.25, 0.3) is 11.7 Å². The minimum absolute atomic E-state index is 0.0430. The van der Waals surface area contributed by atoms with E-state index < -0.39 is 80.2 Å². The molecule has 2 bridgehead atoms. The zero-order valence-corrected chi connectivity index (χ0v) is 45.1. The first kappa shape index (κ1) is 57.9. The zero-order valence-electron chi connectivity index (χ0n) is 44.1. The van der Waals surface area contributed by atoms with Gasteiger partial charge >= 0.3 is 5.97 Å². The SMILES string of the molecule is CCC1/C=C(\C)CC(C)CC(OC)C2OC(O)(C(=O)C(=O)N3CCCCC3C(=O)OC(C(C)=CC3CCC(OCCCC=O)C(OC)C3)C(C)C(O[Si](C)(C)C(C)(C)C)CC1=O)C(C)CC2OC. The normalized spacial score (nSPS) is 36.8. The smallest absolute Gasteiger partial charge is 0.329 e. The van der Waals surface area contributed by atoms with Crippen molar-refractivity contribution in [1.29, 1.82) is 0 Å². The van der Waals surface area contributed by atoms with Gasteiger partial charge in [-0.2, -0.15) is 0 Å². The van der Waals surface area contributed by atoms with Crippen LogP contribution in [0, 0.1) is 29.6 Å². The lowest BCUT2D eigenvalue weighted by atomic mass is 9.81. The monoisotopic (exact) mass is 976 g/mol. The number of hydrogen-bond acceptors (Lipinski definition) is 13. The Kier molecular flexibility index (Phi) is 21.9. The number of aldehydes is 1. The van der Waals surface area contributed by atoms with E-state index in [2.05, 4.69) is 52.9 Å². The number of amides is 1. The summed E-state index contributed by atoms with van der Waals surface area (Å²) in [5.41, 5.74) is 1.84. The van der Waals surface area contributed by atoms with Crippen LogP contribution in [-0.2, 0) is 56.8 Å². The van der Waals surface area contributed by atoms with Crippen molar-refractivity contribution in [2.75, 3.05) is 34.5 Å². The number of fused-ring (bicyclic) bond motifs is 3. The first-order chi connectivity index (χ1) is 32.0. The van der Waals surface area contributed by atoms with Gasteiger partial charge in [0.1, 0.15) is 30.3 Å². The molecule has 1 aliphatic carbocycles. The van der Waals surface area contributed by atoms with E-state index in [-0.39, 0.29) is 66.6 Å². The van der Waals surface area contributed by atoms with Crippen LogP contribution in [0.5, 0.6) is 0 Å². The van der Waals surface area contributed by atoms with E-state index in [4.69, 9.17) is 32.8 Å². The summed E-state index contributed by atoms with van der Waals surface area (Å²) >= 11 is 0. The highest BCUT2D eigenvalue weighted by atomic mass is 28.4. The Hall–Kier alpha value is -2.63. The Morgan fingerprint density at radius 1 is 0.912 bits per heavy atom. The zero-order chi connectivity index (χ0) is 50.7. The Balaban J connectivity index is 1.85. The number of carbonyl (C=O) groups excluding carboxylic acids is 5. The molecule has 2 saturated heterocycles. The maximum absolute atomic E-state index is 14.9. The number of carbonyl (C=O) groups is 5. The van der Waals surface area contributed by atoms with E-state index in [1.165, 1.54) is 4.90 Å². The van der Waals surface area contributed by atoms with Gasteiger partial charge in [0, 0.05) is 65.1 Å². The number of cyclic esters (lactones) is 1. The van der Waals surface area contributed by atoms with Gasteiger partial charge < -0.3 is 47.6 Å². The molecule has 1 saturated carbocycles. The fourth-order valence-electron chi connectivity index (χ4n) is 10.7. The average molecular weight is 976 g/mol. The summed E-state index contributed by atoms with van der Waals surface area (Å²) in [5, 5.41) is 12.0. The van der Waals surface area contributed by atoms with Crippen LogP contribution in [0.15, 0.2) is 23.3 Å². The number of piperidine rings is 1. The highest BCUT2D eigenvalue weighted by Crippen LogP contribution is 2.42. The highest BCUT2D eigenvalue weighted by Gasteiger charge is 2.57. The van der Waals surface area contributed by atoms with Gasteiger partial charge in [-0.15, -0.1) is 0 Å². The molecule has 3 aliphatic heterocycles. The van der Waals surface area contributed by atoms with Gasteiger partial charge in [-0.05, 0) is 120 Å². The third kappa shape index (κ3) is 14.5. The van der Waals surface area contributed by atoms with Crippen LogP contribution in [0.4, 0.5) is 0 Å². The molecule has 15 heteroatoms. The number of allylic oxidation sites excluding steroid dienone is 3. The molecular formula is C53H89NO13Si. The van der Waals surface area contributed by atoms with Gasteiger partial charge in [-0.3, -0.25) is 14.4 Å². The van der Waals surface area contributed by atoms with Crippen LogP contribution in [0.1, 0.15) is 146 Å². The molecule has 0 spiro atoms. The molecule has 4 aliphatic rings. The molecule has 1 N–H and O–H groups in total. The molecule has 0 aromatic carbocycles. The van der Waals surface area contributed by atoms with E-state index >= 15 is 0 Å². The molecule has 0 aromatic heterocycles. The van der Waals surface area contributed by atoms with Gasteiger partial charge in [0.05, 0.1) is 30.5 Å². The number of nitrogens with zero attached hydrogens (tertiary/aromatic N) is 1. The topological polar surface area (TPSA) is 173 Å². The number of aliphatic hydroxyl groups is 1. The number of Topliss-reactive ketones (excluding diaryl/α,β-unsaturated/α-hetero) is 2. The van der Waals surface area contributed by atoms with E-state index in [0.717, 1.165) is 30.3 Å². The van der Waals surface area contributed by atoms with Crippen molar-refractivity contribution < 1.29 is 61.9 Å². The minimum atomic E-state index is -2.54. The lowest BCUT2D eigenvalue weighted by molar-refractivity contribution is -0.302. The lowest BCUT2D eigenvalue weighted by Gasteiger charge is -2.47. The van der Waals surface area contributed by atoms with Gasteiger partial charge in [0.2, 0.25) is 5.79 Å². The van der Waals surface area contributed by atoms with E-state index in [1.807, 2.05) is 27.7 Å². The summed E-state index contributed by atoms with van der Waals surface area (Å²) in [4.78, 5) is 70.9. The van der Waals surface area contributed by atoms with E-state index in [0.29, 0.717) is 58.0 Å². The van der Waals surface area contributed by atoms with Crippen molar-refractivity contribution >= 4 is 38.0 Å².